The number of hydrogen-bond acceptors (Lipinski definition) is 3. The van der Waals surface area contributed by atoms with Gasteiger partial charge in [-0.25, -0.2) is 0 Å². The maximum absolute atomic E-state index is 12.6. The number of amides is 2. The third kappa shape index (κ3) is 3.98. The van der Waals surface area contributed by atoms with Crippen molar-refractivity contribution in [1.82, 2.24) is 5.32 Å². The summed E-state index contributed by atoms with van der Waals surface area (Å²) in [6.45, 7) is 0. The van der Waals surface area contributed by atoms with Gasteiger partial charge in [-0.1, -0.05) is 12.8 Å². The predicted molar refractivity (Wildman–Crippen MR) is 101 cm³/mol. The van der Waals surface area contributed by atoms with Gasteiger partial charge in [0.1, 0.15) is 0 Å². The Balaban J connectivity index is 0.00000182. The van der Waals surface area contributed by atoms with Gasteiger partial charge in [0.15, 0.2) is 0 Å². The Morgan fingerprint density at radius 1 is 1.12 bits per heavy atom. The molecule has 1 saturated heterocycles. The Bertz CT molecular complexity index is 650. The molecule has 25 heavy (non-hydrogen) atoms. The molecular weight excluding hydrogens is 338 g/mol. The van der Waals surface area contributed by atoms with Crippen molar-refractivity contribution in [3.05, 3.63) is 23.8 Å². The molecule has 6 heteroatoms. The lowest BCUT2D eigenvalue weighted by molar-refractivity contribution is -0.118. The number of anilines is 2. The largest absolute Gasteiger partial charge is 0.326 e. The van der Waals surface area contributed by atoms with Gasteiger partial charge in [-0.15, -0.1) is 12.4 Å². The first-order chi connectivity index (χ1) is 11.7. The second-order valence-corrected chi connectivity index (χ2v) is 7.37. The molecule has 136 valence electrons. The Kier molecular flexibility index (Phi) is 5.64. The monoisotopic (exact) mass is 363 g/mol. The molecule has 4 rings (SSSR count). The van der Waals surface area contributed by atoms with Crippen molar-refractivity contribution in [1.29, 1.82) is 0 Å². The van der Waals surface area contributed by atoms with Crippen LogP contribution in [0.4, 0.5) is 11.4 Å². The van der Waals surface area contributed by atoms with Crippen molar-refractivity contribution in [3.63, 3.8) is 0 Å². The van der Waals surface area contributed by atoms with Gasteiger partial charge in [-0.05, 0) is 61.8 Å². The Hall–Kier alpha value is -1.59. The molecule has 2 heterocycles. The summed E-state index contributed by atoms with van der Waals surface area (Å²) in [5, 5.41) is 9.51. The van der Waals surface area contributed by atoms with E-state index in [0.717, 1.165) is 36.2 Å². The number of halogens is 1. The van der Waals surface area contributed by atoms with E-state index in [-0.39, 0.29) is 30.3 Å². The molecule has 2 amide bonds. The van der Waals surface area contributed by atoms with Gasteiger partial charge in [-0.3, -0.25) is 9.59 Å². The zero-order chi connectivity index (χ0) is 16.5. The van der Waals surface area contributed by atoms with Gasteiger partial charge in [0.05, 0.1) is 6.04 Å². The Morgan fingerprint density at radius 2 is 1.96 bits per heavy atom. The van der Waals surface area contributed by atoms with Gasteiger partial charge in [-0.2, -0.15) is 0 Å². The molecule has 3 aliphatic rings. The molecule has 1 aromatic carbocycles. The standard InChI is InChI=1S/C19H25N3O2.ClH/c23-18-7-3-5-12-10-14(8-9-16(12)22-18)20-19(24)17-11-13-4-1-2-6-15(13)21-17;/h8-10,13,15,17,21H,1-7,11H2,(H,20,24)(H,22,23);1H. The second kappa shape index (κ2) is 7.75. The first-order valence-electron chi connectivity index (χ1n) is 9.19. The van der Waals surface area contributed by atoms with Crippen LogP contribution in [0.25, 0.3) is 0 Å². The zero-order valence-corrected chi connectivity index (χ0v) is 15.2. The van der Waals surface area contributed by atoms with Crippen molar-refractivity contribution < 1.29 is 9.59 Å². The highest BCUT2D eigenvalue weighted by Gasteiger charge is 2.38. The quantitative estimate of drug-likeness (QED) is 0.755. The molecule has 0 aromatic heterocycles. The second-order valence-electron chi connectivity index (χ2n) is 7.37. The van der Waals surface area contributed by atoms with Crippen LogP contribution in [0.15, 0.2) is 18.2 Å². The molecule has 3 unspecified atom stereocenters. The highest BCUT2D eigenvalue weighted by atomic mass is 35.5. The number of fused-ring (bicyclic) bond motifs is 2. The molecule has 2 fully saturated rings. The summed E-state index contributed by atoms with van der Waals surface area (Å²) >= 11 is 0. The van der Waals surface area contributed by atoms with Crippen molar-refractivity contribution >= 4 is 35.6 Å². The van der Waals surface area contributed by atoms with Crippen molar-refractivity contribution in [2.24, 2.45) is 5.92 Å². The molecule has 5 nitrogen and oxygen atoms in total. The smallest absolute Gasteiger partial charge is 0.241 e. The highest BCUT2D eigenvalue weighted by molar-refractivity contribution is 5.96. The van der Waals surface area contributed by atoms with E-state index in [1.807, 2.05) is 18.2 Å². The van der Waals surface area contributed by atoms with Gasteiger partial charge in [0.25, 0.3) is 0 Å². The molecule has 1 saturated carbocycles. The summed E-state index contributed by atoms with van der Waals surface area (Å²) in [6, 6.07) is 6.23. The van der Waals surface area contributed by atoms with E-state index in [4.69, 9.17) is 0 Å². The first-order valence-corrected chi connectivity index (χ1v) is 9.19. The predicted octanol–water partition coefficient (Wildman–Crippen LogP) is 3.24. The topological polar surface area (TPSA) is 70.2 Å². The summed E-state index contributed by atoms with van der Waals surface area (Å²) in [5.41, 5.74) is 2.80. The number of rotatable bonds is 2. The van der Waals surface area contributed by atoms with Gasteiger partial charge in [0, 0.05) is 23.8 Å². The lowest BCUT2D eigenvalue weighted by Gasteiger charge is -2.24. The molecule has 1 aromatic rings. The van der Waals surface area contributed by atoms with Gasteiger partial charge < -0.3 is 16.0 Å². The van der Waals surface area contributed by atoms with Gasteiger partial charge in [0.2, 0.25) is 11.8 Å². The Morgan fingerprint density at radius 3 is 2.80 bits per heavy atom. The molecular formula is C19H26ClN3O2. The highest BCUT2D eigenvalue weighted by Crippen LogP contribution is 2.33. The average molecular weight is 364 g/mol. The van der Waals surface area contributed by atoms with Crippen LogP contribution in [0.2, 0.25) is 0 Å². The lowest BCUT2D eigenvalue weighted by atomic mass is 9.85. The van der Waals surface area contributed by atoms with E-state index in [2.05, 4.69) is 16.0 Å². The molecule has 1 aliphatic carbocycles. The van der Waals surface area contributed by atoms with E-state index in [1.165, 1.54) is 25.7 Å². The summed E-state index contributed by atoms with van der Waals surface area (Å²) in [4.78, 5) is 24.2. The number of nitrogens with one attached hydrogen (secondary N) is 3. The minimum Gasteiger partial charge on any atom is -0.326 e. The van der Waals surface area contributed by atoms with E-state index < -0.39 is 0 Å². The van der Waals surface area contributed by atoms with Crippen LogP contribution < -0.4 is 16.0 Å². The number of hydrogen-bond donors (Lipinski definition) is 3. The fraction of sp³-hybridized carbons (Fsp3) is 0.579. The minimum absolute atomic E-state index is 0. The van der Waals surface area contributed by atoms with Crippen LogP contribution in [-0.2, 0) is 16.0 Å². The first kappa shape index (κ1) is 18.2. The molecule has 0 spiro atoms. The maximum Gasteiger partial charge on any atom is 0.241 e. The number of aryl methyl sites for hydroxylation is 1. The number of carbonyl (C=O) groups is 2. The molecule has 0 bridgehead atoms. The minimum atomic E-state index is -0.0726. The summed E-state index contributed by atoms with van der Waals surface area (Å²) in [7, 11) is 0. The fourth-order valence-corrected chi connectivity index (χ4v) is 4.40. The van der Waals surface area contributed by atoms with Crippen LogP contribution in [0.5, 0.6) is 0 Å². The SMILES string of the molecule is Cl.O=C1CCCc2cc(NC(=O)C3CC4CCCCC4N3)ccc2N1. The third-order valence-electron chi connectivity index (χ3n) is 5.68. The maximum atomic E-state index is 12.6. The van der Waals surface area contributed by atoms with Gasteiger partial charge >= 0.3 is 0 Å². The number of benzene rings is 1. The van der Waals surface area contributed by atoms with Crippen molar-refractivity contribution in [3.8, 4) is 0 Å². The van der Waals surface area contributed by atoms with Crippen LogP contribution in [0.3, 0.4) is 0 Å². The van der Waals surface area contributed by atoms with E-state index in [1.54, 1.807) is 0 Å². The normalized spacial score (nSPS) is 28.0. The molecule has 2 aliphatic heterocycles. The summed E-state index contributed by atoms with van der Waals surface area (Å²) in [5.74, 6) is 0.807. The van der Waals surface area contributed by atoms with E-state index in [9.17, 15) is 9.59 Å². The molecule has 3 atom stereocenters. The zero-order valence-electron chi connectivity index (χ0n) is 14.3. The third-order valence-corrected chi connectivity index (χ3v) is 5.68. The van der Waals surface area contributed by atoms with E-state index in [0.29, 0.717) is 18.4 Å². The van der Waals surface area contributed by atoms with Crippen LogP contribution in [0, 0.1) is 5.92 Å². The van der Waals surface area contributed by atoms with Crippen LogP contribution in [-0.4, -0.2) is 23.9 Å². The summed E-state index contributed by atoms with van der Waals surface area (Å²) < 4.78 is 0. The summed E-state index contributed by atoms with van der Waals surface area (Å²) in [6.07, 6.45) is 8.26. The number of carbonyl (C=O) groups excluding carboxylic acids is 2. The fourth-order valence-electron chi connectivity index (χ4n) is 4.40. The average Bonchev–Trinajstić information content (AvgIpc) is 2.92. The van der Waals surface area contributed by atoms with Crippen LogP contribution >= 0.6 is 12.4 Å². The molecule has 0 radical (unpaired) electrons. The lowest BCUT2D eigenvalue weighted by Crippen LogP contribution is -2.39. The van der Waals surface area contributed by atoms with E-state index >= 15 is 0 Å². The molecule has 3 N–H and O–H groups in total. The Labute approximate surface area is 154 Å². The van der Waals surface area contributed by atoms with Crippen molar-refractivity contribution in [2.75, 3.05) is 10.6 Å². The van der Waals surface area contributed by atoms with Crippen LogP contribution in [0.1, 0.15) is 50.5 Å². The van der Waals surface area contributed by atoms with Crippen molar-refractivity contribution in [2.45, 2.75) is 63.5 Å².